The highest BCUT2D eigenvalue weighted by Crippen LogP contribution is 2.48. The molecule has 0 unspecified atom stereocenters. The number of halogens is 8. The molecule has 0 bridgehead atoms. The van der Waals surface area contributed by atoms with Crippen molar-refractivity contribution in [2.75, 3.05) is 0 Å². The van der Waals surface area contributed by atoms with Gasteiger partial charge in [0, 0.05) is 20.0 Å². The Morgan fingerprint density at radius 1 is 0.560 bits per heavy atom. The minimum absolute atomic E-state index is 0.129. The molecule has 0 aliphatic heterocycles. The predicted molar refractivity (Wildman–Crippen MR) is 101 cm³/mol. The van der Waals surface area contributed by atoms with E-state index in [9.17, 15) is 26.3 Å². The van der Waals surface area contributed by atoms with E-state index in [1.165, 1.54) is 48.5 Å². The Bertz CT molecular complexity index is 649. The molecule has 0 aromatic heterocycles. The van der Waals surface area contributed by atoms with E-state index < -0.39 is 30.6 Å². The van der Waals surface area contributed by atoms with Crippen LogP contribution >= 0.6 is 45.2 Å². The highest BCUT2D eigenvalue weighted by atomic mass is 127. The fraction of sp³-hybridized carbons (Fsp3) is 0.294. The molecule has 136 valence electrons. The molecule has 0 spiro atoms. The van der Waals surface area contributed by atoms with Gasteiger partial charge >= 0.3 is 17.8 Å². The van der Waals surface area contributed by atoms with Gasteiger partial charge in [0.05, 0.1) is 0 Å². The lowest BCUT2D eigenvalue weighted by Crippen LogP contribution is -2.56. The molecule has 0 aliphatic rings. The molecule has 2 rings (SSSR count). The first-order valence-electron chi connectivity index (χ1n) is 7.07. The SMILES string of the molecule is FC(F)(Cc1ccc(I)cc1)C(F)(F)C(F)(F)Cc1ccc(I)cc1. The highest BCUT2D eigenvalue weighted by molar-refractivity contribution is 14.1. The third-order valence-corrected chi connectivity index (χ3v) is 5.04. The summed E-state index contributed by atoms with van der Waals surface area (Å²) in [6.07, 6.45) is -2.92. The zero-order valence-corrected chi connectivity index (χ0v) is 16.9. The molecule has 0 nitrogen and oxygen atoms in total. The maximum atomic E-state index is 14.0. The zero-order chi connectivity index (χ0) is 18.9. The summed E-state index contributed by atoms with van der Waals surface area (Å²) >= 11 is 3.84. The van der Waals surface area contributed by atoms with E-state index in [-0.39, 0.29) is 11.1 Å². The first-order valence-corrected chi connectivity index (χ1v) is 9.23. The molecule has 0 radical (unpaired) electrons. The summed E-state index contributed by atoms with van der Waals surface area (Å²) in [5, 5.41) is 0. The average molecular weight is 584 g/mol. The molecule has 0 aliphatic carbocycles. The molecular weight excluding hydrogens is 572 g/mol. The van der Waals surface area contributed by atoms with Crippen LogP contribution in [0.3, 0.4) is 0 Å². The Balaban J connectivity index is 2.23. The van der Waals surface area contributed by atoms with E-state index >= 15 is 0 Å². The van der Waals surface area contributed by atoms with Crippen molar-refractivity contribution in [3.8, 4) is 0 Å². The van der Waals surface area contributed by atoms with Crippen LogP contribution in [0.25, 0.3) is 0 Å². The summed E-state index contributed by atoms with van der Waals surface area (Å²) in [6.45, 7) is 0. The molecule has 0 fully saturated rings. The summed E-state index contributed by atoms with van der Waals surface area (Å²) in [5.41, 5.74) is -0.259. The second kappa shape index (κ2) is 7.61. The van der Waals surface area contributed by atoms with Gasteiger partial charge in [-0.3, -0.25) is 0 Å². The molecule has 0 saturated heterocycles. The zero-order valence-electron chi connectivity index (χ0n) is 12.6. The summed E-state index contributed by atoms with van der Waals surface area (Å²) < 4.78 is 85.5. The van der Waals surface area contributed by atoms with Crippen molar-refractivity contribution >= 4 is 45.2 Å². The van der Waals surface area contributed by atoms with Crippen LogP contribution in [0.4, 0.5) is 26.3 Å². The normalized spacial score (nSPS) is 13.1. The van der Waals surface area contributed by atoms with Crippen molar-refractivity contribution in [3.63, 3.8) is 0 Å². The molecule has 2 aromatic rings. The van der Waals surface area contributed by atoms with Crippen LogP contribution in [0.2, 0.25) is 0 Å². The number of hydrogen-bond acceptors (Lipinski definition) is 0. The summed E-state index contributed by atoms with van der Waals surface area (Å²) in [7, 11) is 0. The Morgan fingerprint density at radius 2 is 0.840 bits per heavy atom. The van der Waals surface area contributed by atoms with Gasteiger partial charge in [-0.25, -0.2) is 0 Å². The van der Waals surface area contributed by atoms with Crippen LogP contribution in [-0.4, -0.2) is 17.8 Å². The maximum Gasteiger partial charge on any atom is 0.372 e. The fourth-order valence-electron chi connectivity index (χ4n) is 2.21. The monoisotopic (exact) mass is 584 g/mol. The number of alkyl halides is 6. The Labute approximate surface area is 168 Å². The van der Waals surface area contributed by atoms with Crippen molar-refractivity contribution in [2.24, 2.45) is 0 Å². The standard InChI is InChI=1S/C17H12F6I2/c18-15(19,9-11-1-5-13(24)6-2-11)17(22,23)16(20,21)10-12-3-7-14(25)8-4-12/h1-8H,9-10H2. The molecule has 2 aromatic carbocycles. The lowest BCUT2D eigenvalue weighted by Gasteiger charge is -2.33. The van der Waals surface area contributed by atoms with Gasteiger partial charge in [-0.05, 0) is 80.6 Å². The molecular formula is C17H12F6I2. The average Bonchev–Trinajstić information content (AvgIpc) is 2.51. The summed E-state index contributed by atoms with van der Waals surface area (Å²) in [5.74, 6) is -15.2. The minimum Gasteiger partial charge on any atom is -0.199 e. The van der Waals surface area contributed by atoms with E-state index in [1.54, 1.807) is 0 Å². The molecule has 0 saturated carbocycles. The van der Waals surface area contributed by atoms with Crippen LogP contribution in [0.1, 0.15) is 11.1 Å². The number of benzene rings is 2. The Hall–Kier alpha value is -0.520. The van der Waals surface area contributed by atoms with Gasteiger partial charge in [-0.1, -0.05) is 24.3 Å². The van der Waals surface area contributed by atoms with Crippen molar-refractivity contribution < 1.29 is 26.3 Å². The van der Waals surface area contributed by atoms with Gasteiger partial charge < -0.3 is 0 Å². The highest BCUT2D eigenvalue weighted by Gasteiger charge is 2.70. The van der Waals surface area contributed by atoms with Crippen molar-refractivity contribution in [1.82, 2.24) is 0 Å². The molecule has 0 amide bonds. The van der Waals surface area contributed by atoms with E-state index in [2.05, 4.69) is 0 Å². The van der Waals surface area contributed by atoms with Crippen LogP contribution in [0.15, 0.2) is 48.5 Å². The van der Waals surface area contributed by atoms with Gasteiger partial charge in [0.15, 0.2) is 0 Å². The lowest BCUT2D eigenvalue weighted by molar-refractivity contribution is -0.307. The van der Waals surface area contributed by atoms with Gasteiger partial charge in [0.1, 0.15) is 0 Å². The van der Waals surface area contributed by atoms with Gasteiger partial charge in [0.25, 0.3) is 0 Å². The van der Waals surface area contributed by atoms with Crippen molar-refractivity contribution in [2.45, 2.75) is 30.6 Å². The summed E-state index contributed by atoms with van der Waals surface area (Å²) in [6, 6.07) is 10.7. The van der Waals surface area contributed by atoms with Gasteiger partial charge in [0.2, 0.25) is 0 Å². The predicted octanol–water partition coefficient (Wildman–Crippen LogP) is 6.59. The van der Waals surface area contributed by atoms with E-state index in [4.69, 9.17) is 0 Å². The third kappa shape index (κ3) is 4.81. The maximum absolute atomic E-state index is 14.0. The topological polar surface area (TPSA) is 0 Å². The second-order valence-electron chi connectivity index (χ2n) is 5.59. The van der Waals surface area contributed by atoms with Crippen LogP contribution in [0, 0.1) is 7.14 Å². The first kappa shape index (κ1) is 20.8. The second-order valence-corrected chi connectivity index (χ2v) is 8.08. The van der Waals surface area contributed by atoms with Crippen LogP contribution in [0.5, 0.6) is 0 Å². The molecule has 8 heteroatoms. The minimum atomic E-state index is -5.48. The third-order valence-electron chi connectivity index (χ3n) is 3.60. The fourth-order valence-corrected chi connectivity index (χ4v) is 2.93. The Morgan fingerprint density at radius 3 is 1.12 bits per heavy atom. The number of rotatable bonds is 6. The summed E-state index contributed by atoms with van der Waals surface area (Å²) in [4.78, 5) is 0. The van der Waals surface area contributed by atoms with Gasteiger partial charge in [-0.15, -0.1) is 0 Å². The quantitative estimate of drug-likeness (QED) is 0.266. The van der Waals surface area contributed by atoms with E-state index in [0.29, 0.717) is 0 Å². The largest absolute Gasteiger partial charge is 0.372 e. The van der Waals surface area contributed by atoms with Crippen LogP contribution in [-0.2, 0) is 12.8 Å². The van der Waals surface area contributed by atoms with Gasteiger partial charge in [-0.2, -0.15) is 26.3 Å². The van der Waals surface area contributed by atoms with Crippen molar-refractivity contribution in [3.05, 3.63) is 66.8 Å². The molecule has 0 atom stereocenters. The van der Waals surface area contributed by atoms with E-state index in [0.717, 1.165) is 7.14 Å². The molecule has 0 heterocycles. The van der Waals surface area contributed by atoms with Crippen LogP contribution < -0.4 is 0 Å². The Kier molecular flexibility index (Phi) is 6.33. The van der Waals surface area contributed by atoms with E-state index in [1.807, 2.05) is 45.2 Å². The van der Waals surface area contributed by atoms with Crippen molar-refractivity contribution in [1.29, 1.82) is 0 Å². The smallest absolute Gasteiger partial charge is 0.199 e. The molecule has 25 heavy (non-hydrogen) atoms. The first-order chi connectivity index (χ1) is 11.4. The number of hydrogen-bond donors (Lipinski definition) is 0. The molecule has 0 N–H and O–H groups in total. The lowest BCUT2D eigenvalue weighted by atomic mass is 9.93.